The molecule has 1 amide bonds. The van der Waals surface area contributed by atoms with Gasteiger partial charge in [0.15, 0.2) is 0 Å². The average Bonchev–Trinajstić information content (AvgIpc) is 1.92. The normalized spacial score (nSPS) is 26.2. The van der Waals surface area contributed by atoms with Crippen LogP contribution in [0, 0.1) is 0 Å². The van der Waals surface area contributed by atoms with Gasteiger partial charge in [0.1, 0.15) is 6.04 Å². The molecule has 0 aromatic carbocycles. The minimum atomic E-state index is -4.34. The molecule has 1 aliphatic heterocycles. The van der Waals surface area contributed by atoms with Gasteiger partial charge in [-0.3, -0.25) is 4.79 Å². The Labute approximate surface area is 67.5 Å². The molecule has 6 heteroatoms. The van der Waals surface area contributed by atoms with E-state index in [-0.39, 0.29) is 13.1 Å². The molecule has 0 spiro atoms. The minimum absolute atomic E-state index is 0.0108. The summed E-state index contributed by atoms with van der Waals surface area (Å²) in [7, 11) is 1.17. The Bertz CT molecular complexity index is 192. The highest BCUT2D eigenvalue weighted by Gasteiger charge is 2.45. The Hall–Kier alpha value is -0.780. The zero-order valence-electron chi connectivity index (χ0n) is 6.48. The first kappa shape index (κ1) is 9.31. The molecule has 0 aromatic rings. The van der Waals surface area contributed by atoms with E-state index in [0.29, 0.717) is 0 Å². The van der Waals surface area contributed by atoms with E-state index in [1.807, 2.05) is 0 Å². The van der Waals surface area contributed by atoms with Crippen molar-refractivity contribution in [1.29, 1.82) is 0 Å². The van der Waals surface area contributed by atoms with E-state index in [1.54, 1.807) is 0 Å². The molecule has 1 aliphatic rings. The molecule has 1 rings (SSSR count). The summed E-state index contributed by atoms with van der Waals surface area (Å²) < 4.78 is 36.4. The SMILES string of the molecule is CN1C(=O)CNCC1C(F)(F)F. The summed E-state index contributed by atoms with van der Waals surface area (Å²) in [5, 5.41) is 2.41. The van der Waals surface area contributed by atoms with Crippen molar-refractivity contribution in [3.63, 3.8) is 0 Å². The van der Waals surface area contributed by atoms with Gasteiger partial charge in [0.25, 0.3) is 0 Å². The number of halogens is 3. The third-order valence-electron chi connectivity index (χ3n) is 1.85. The number of rotatable bonds is 0. The fraction of sp³-hybridized carbons (Fsp3) is 0.833. The fourth-order valence-electron chi connectivity index (χ4n) is 1.09. The van der Waals surface area contributed by atoms with Crippen LogP contribution < -0.4 is 5.32 Å². The number of nitrogens with zero attached hydrogens (tertiary/aromatic N) is 1. The van der Waals surface area contributed by atoms with Crippen LogP contribution in [0.2, 0.25) is 0 Å². The fourth-order valence-corrected chi connectivity index (χ4v) is 1.09. The highest BCUT2D eigenvalue weighted by molar-refractivity contribution is 5.79. The highest BCUT2D eigenvalue weighted by atomic mass is 19.4. The number of carbonyl (C=O) groups is 1. The second kappa shape index (κ2) is 2.93. The van der Waals surface area contributed by atoms with Crippen molar-refractivity contribution >= 4 is 5.91 Å². The number of piperazine rings is 1. The van der Waals surface area contributed by atoms with Gasteiger partial charge in [-0.1, -0.05) is 0 Å². The van der Waals surface area contributed by atoms with E-state index in [4.69, 9.17) is 0 Å². The zero-order valence-corrected chi connectivity index (χ0v) is 6.48. The number of likely N-dealkylation sites (N-methyl/N-ethyl adjacent to an activating group) is 1. The van der Waals surface area contributed by atoms with Gasteiger partial charge in [0.2, 0.25) is 5.91 Å². The van der Waals surface area contributed by atoms with Crippen molar-refractivity contribution in [3.05, 3.63) is 0 Å². The van der Waals surface area contributed by atoms with Crippen LogP contribution in [-0.4, -0.2) is 43.2 Å². The smallest absolute Gasteiger partial charge is 0.331 e. The first-order valence-corrected chi connectivity index (χ1v) is 3.46. The van der Waals surface area contributed by atoms with Gasteiger partial charge in [-0.05, 0) is 0 Å². The van der Waals surface area contributed by atoms with E-state index in [9.17, 15) is 18.0 Å². The summed E-state index contributed by atoms with van der Waals surface area (Å²) in [5.74, 6) is -0.524. The second-order valence-electron chi connectivity index (χ2n) is 2.69. The molecule has 1 saturated heterocycles. The highest BCUT2D eigenvalue weighted by Crippen LogP contribution is 2.24. The lowest BCUT2D eigenvalue weighted by Gasteiger charge is -2.34. The predicted molar refractivity (Wildman–Crippen MR) is 35.5 cm³/mol. The van der Waals surface area contributed by atoms with Crippen molar-refractivity contribution in [3.8, 4) is 0 Å². The Balaban J connectivity index is 2.70. The molecule has 0 saturated carbocycles. The molecule has 0 aromatic heterocycles. The first-order chi connectivity index (χ1) is 5.43. The van der Waals surface area contributed by atoms with Crippen molar-refractivity contribution in [1.82, 2.24) is 10.2 Å². The maximum Gasteiger partial charge on any atom is 0.410 e. The van der Waals surface area contributed by atoms with Crippen LogP contribution in [0.25, 0.3) is 0 Å². The summed E-state index contributed by atoms with van der Waals surface area (Å²) >= 11 is 0. The van der Waals surface area contributed by atoms with Crippen LogP contribution >= 0.6 is 0 Å². The Kier molecular flexibility index (Phi) is 2.27. The Morgan fingerprint density at radius 2 is 2.17 bits per heavy atom. The van der Waals surface area contributed by atoms with Crippen LogP contribution in [0.4, 0.5) is 13.2 Å². The summed E-state index contributed by atoms with van der Waals surface area (Å²) in [6.45, 7) is -0.227. The van der Waals surface area contributed by atoms with Crippen LogP contribution in [0.5, 0.6) is 0 Å². The molecular formula is C6H9F3N2O. The second-order valence-corrected chi connectivity index (χ2v) is 2.69. The number of hydrogen-bond donors (Lipinski definition) is 1. The van der Waals surface area contributed by atoms with E-state index in [2.05, 4.69) is 5.32 Å². The summed E-state index contributed by atoms with van der Waals surface area (Å²) in [6.07, 6.45) is -4.34. The predicted octanol–water partition coefficient (Wildman–Crippen LogP) is -0.0211. The van der Waals surface area contributed by atoms with Crippen LogP contribution in [0.15, 0.2) is 0 Å². The van der Waals surface area contributed by atoms with Gasteiger partial charge in [-0.2, -0.15) is 13.2 Å². The summed E-state index contributed by atoms with van der Waals surface area (Å²) in [4.78, 5) is 11.5. The molecule has 0 bridgehead atoms. The molecule has 1 unspecified atom stereocenters. The molecule has 1 N–H and O–H groups in total. The summed E-state index contributed by atoms with van der Waals surface area (Å²) in [6, 6.07) is -1.68. The van der Waals surface area contributed by atoms with Gasteiger partial charge in [-0.25, -0.2) is 0 Å². The number of alkyl halides is 3. The lowest BCUT2D eigenvalue weighted by molar-refractivity contribution is -0.189. The molecule has 70 valence electrons. The first-order valence-electron chi connectivity index (χ1n) is 3.46. The molecule has 1 atom stereocenters. The molecule has 0 radical (unpaired) electrons. The van der Waals surface area contributed by atoms with Crippen LogP contribution in [0.1, 0.15) is 0 Å². The van der Waals surface area contributed by atoms with E-state index >= 15 is 0 Å². The van der Waals surface area contributed by atoms with Gasteiger partial charge in [0, 0.05) is 13.6 Å². The number of nitrogens with one attached hydrogen (secondary N) is 1. The molecule has 12 heavy (non-hydrogen) atoms. The van der Waals surface area contributed by atoms with Gasteiger partial charge in [0.05, 0.1) is 6.54 Å². The average molecular weight is 182 g/mol. The lowest BCUT2D eigenvalue weighted by atomic mass is 10.2. The van der Waals surface area contributed by atoms with E-state index < -0.39 is 18.1 Å². The van der Waals surface area contributed by atoms with Crippen molar-refractivity contribution in [2.75, 3.05) is 20.1 Å². The van der Waals surface area contributed by atoms with Crippen molar-refractivity contribution in [2.45, 2.75) is 12.2 Å². The van der Waals surface area contributed by atoms with Crippen molar-refractivity contribution < 1.29 is 18.0 Å². The number of amides is 1. The minimum Gasteiger partial charge on any atom is -0.331 e. The number of carbonyl (C=O) groups excluding carboxylic acids is 1. The lowest BCUT2D eigenvalue weighted by Crippen LogP contribution is -2.58. The van der Waals surface area contributed by atoms with Crippen LogP contribution in [0.3, 0.4) is 0 Å². The summed E-state index contributed by atoms with van der Waals surface area (Å²) in [5.41, 5.74) is 0. The molecule has 1 heterocycles. The topological polar surface area (TPSA) is 32.3 Å². The van der Waals surface area contributed by atoms with E-state index in [0.717, 1.165) is 4.90 Å². The Morgan fingerprint density at radius 3 is 2.58 bits per heavy atom. The molecule has 1 fully saturated rings. The van der Waals surface area contributed by atoms with Gasteiger partial charge < -0.3 is 10.2 Å². The van der Waals surface area contributed by atoms with Crippen molar-refractivity contribution in [2.24, 2.45) is 0 Å². The monoisotopic (exact) mass is 182 g/mol. The standard InChI is InChI=1S/C6H9F3N2O/c1-11-4(6(7,8)9)2-10-3-5(11)12/h4,10H,2-3H2,1H3. The number of hydrogen-bond acceptors (Lipinski definition) is 2. The third-order valence-corrected chi connectivity index (χ3v) is 1.85. The zero-order chi connectivity index (χ0) is 9.35. The molecule has 3 nitrogen and oxygen atoms in total. The largest absolute Gasteiger partial charge is 0.410 e. The van der Waals surface area contributed by atoms with Crippen LogP contribution in [-0.2, 0) is 4.79 Å². The third kappa shape index (κ3) is 1.69. The molecular weight excluding hydrogens is 173 g/mol. The van der Waals surface area contributed by atoms with Gasteiger partial charge in [-0.15, -0.1) is 0 Å². The van der Waals surface area contributed by atoms with E-state index in [1.165, 1.54) is 7.05 Å². The quantitative estimate of drug-likeness (QED) is 0.571. The maximum absolute atomic E-state index is 12.1. The maximum atomic E-state index is 12.1. The molecule has 0 aliphatic carbocycles. The Morgan fingerprint density at radius 1 is 1.58 bits per heavy atom. The van der Waals surface area contributed by atoms with Gasteiger partial charge >= 0.3 is 6.18 Å².